The fraction of sp³-hybridized carbons (Fsp3) is 0.476. The molecule has 9 nitrogen and oxygen atoms in total. The molecule has 1 aromatic carbocycles. The molecule has 2 aromatic heterocycles. The highest BCUT2D eigenvalue weighted by Crippen LogP contribution is 2.28. The Bertz CT molecular complexity index is 1060. The molecule has 0 aliphatic carbocycles. The van der Waals surface area contributed by atoms with Crippen molar-refractivity contribution in [2.45, 2.75) is 57.2 Å². The number of nitrogens with one attached hydrogen (secondary N) is 1. The minimum atomic E-state index is -0.606. The van der Waals surface area contributed by atoms with Gasteiger partial charge in [0, 0.05) is 0 Å². The summed E-state index contributed by atoms with van der Waals surface area (Å²) in [6.45, 7) is 9.59. The third-order valence-corrected chi connectivity index (χ3v) is 6.18. The maximum atomic E-state index is 12.3. The zero-order chi connectivity index (χ0) is 23.3. The average molecular weight is 478 g/mol. The van der Waals surface area contributed by atoms with Gasteiger partial charge in [0.2, 0.25) is 4.96 Å². The number of benzene rings is 1. The Balaban J connectivity index is 1.63. The number of aromatic nitrogens is 4. The largest absolute Gasteiger partial charge is 0.460 e. The quantitative estimate of drug-likeness (QED) is 0.379. The van der Waals surface area contributed by atoms with Gasteiger partial charge in [-0.15, -0.1) is 15.3 Å². The first-order valence-electron chi connectivity index (χ1n) is 10.2. The normalized spacial score (nSPS) is 12.7. The summed E-state index contributed by atoms with van der Waals surface area (Å²) >= 11 is 2.60. The van der Waals surface area contributed by atoms with Gasteiger partial charge in [0.25, 0.3) is 0 Å². The SMILES string of the molecule is CC(C)C(NC(=O)OC(C)(C)C)c1nnc2sc(SCC(=O)OCc3ccccc3)nn12. The van der Waals surface area contributed by atoms with Crippen molar-refractivity contribution < 1.29 is 19.1 Å². The lowest BCUT2D eigenvalue weighted by Gasteiger charge is -2.24. The van der Waals surface area contributed by atoms with Crippen LogP contribution >= 0.6 is 23.1 Å². The molecule has 3 rings (SSSR count). The van der Waals surface area contributed by atoms with Gasteiger partial charge in [0.15, 0.2) is 10.2 Å². The van der Waals surface area contributed by atoms with Crippen LogP contribution in [0.4, 0.5) is 4.79 Å². The van der Waals surface area contributed by atoms with E-state index in [-0.39, 0.29) is 24.2 Å². The standard InChI is InChI=1S/C21H27N5O4S2/c1-13(2)16(22-19(28)30-21(3,4)5)17-23-24-18-26(17)25-20(32-18)31-12-15(27)29-11-14-9-7-6-8-10-14/h6-10,13,16H,11-12H2,1-5H3,(H,22,28). The van der Waals surface area contributed by atoms with Gasteiger partial charge < -0.3 is 14.8 Å². The summed E-state index contributed by atoms with van der Waals surface area (Å²) < 4.78 is 12.9. The van der Waals surface area contributed by atoms with E-state index in [0.717, 1.165) is 5.56 Å². The van der Waals surface area contributed by atoms with Gasteiger partial charge in [-0.3, -0.25) is 4.79 Å². The molecule has 2 heterocycles. The van der Waals surface area contributed by atoms with Gasteiger partial charge >= 0.3 is 12.1 Å². The lowest BCUT2D eigenvalue weighted by molar-refractivity contribution is -0.141. The van der Waals surface area contributed by atoms with E-state index in [9.17, 15) is 9.59 Å². The van der Waals surface area contributed by atoms with Crippen molar-refractivity contribution in [1.82, 2.24) is 25.1 Å². The Morgan fingerprint density at radius 1 is 1.19 bits per heavy atom. The fourth-order valence-corrected chi connectivity index (χ4v) is 4.41. The Kier molecular flexibility index (Phi) is 7.73. The third-order valence-electron chi connectivity index (χ3n) is 4.17. The Hall–Kier alpha value is -2.66. The molecule has 0 fully saturated rings. The third kappa shape index (κ3) is 6.67. The number of nitrogens with zero attached hydrogens (tertiary/aromatic N) is 4. The van der Waals surface area contributed by atoms with Crippen molar-refractivity contribution in [3.05, 3.63) is 41.7 Å². The van der Waals surface area contributed by atoms with Gasteiger partial charge in [0.1, 0.15) is 12.2 Å². The molecule has 0 bridgehead atoms. The highest BCUT2D eigenvalue weighted by atomic mass is 32.2. The molecule has 1 N–H and O–H groups in total. The molecular formula is C21H27N5O4S2. The smallest absolute Gasteiger partial charge is 0.408 e. The summed E-state index contributed by atoms with van der Waals surface area (Å²) in [5.74, 6) is 0.351. The van der Waals surface area contributed by atoms with Gasteiger partial charge in [0.05, 0.1) is 11.8 Å². The van der Waals surface area contributed by atoms with Gasteiger partial charge in [-0.25, -0.2) is 4.79 Å². The number of carbonyl (C=O) groups excluding carboxylic acids is 2. The minimum absolute atomic E-state index is 0.0284. The average Bonchev–Trinajstić information content (AvgIpc) is 3.29. The molecule has 172 valence electrons. The number of fused-ring (bicyclic) bond motifs is 1. The van der Waals surface area contributed by atoms with E-state index in [1.165, 1.54) is 23.1 Å². The summed E-state index contributed by atoms with van der Waals surface area (Å²) in [6.07, 6.45) is -0.529. The number of hydrogen-bond donors (Lipinski definition) is 1. The second kappa shape index (κ2) is 10.3. The minimum Gasteiger partial charge on any atom is -0.460 e. The monoisotopic (exact) mass is 477 g/mol. The number of thioether (sulfide) groups is 1. The van der Waals surface area contributed by atoms with E-state index in [2.05, 4.69) is 20.6 Å². The highest BCUT2D eigenvalue weighted by molar-refractivity contribution is 8.01. The van der Waals surface area contributed by atoms with Crippen LogP contribution in [0.15, 0.2) is 34.7 Å². The van der Waals surface area contributed by atoms with Crippen LogP contribution in [0.1, 0.15) is 52.0 Å². The van der Waals surface area contributed by atoms with Crippen LogP contribution in [0.2, 0.25) is 0 Å². The molecule has 0 saturated heterocycles. The molecular weight excluding hydrogens is 450 g/mol. The number of rotatable bonds is 8. The topological polar surface area (TPSA) is 108 Å². The van der Waals surface area contributed by atoms with Crippen LogP contribution in [-0.4, -0.2) is 43.2 Å². The molecule has 0 aliphatic rings. The molecule has 32 heavy (non-hydrogen) atoms. The van der Waals surface area contributed by atoms with Crippen molar-refractivity contribution in [3.8, 4) is 0 Å². The lowest BCUT2D eigenvalue weighted by atomic mass is 10.0. The summed E-state index contributed by atoms with van der Waals surface area (Å²) in [5.41, 5.74) is 0.331. The first-order valence-corrected chi connectivity index (χ1v) is 12.0. The van der Waals surface area contributed by atoms with Crippen LogP contribution < -0.4 is 5.32 Å². The van der Waals surface area contributed by atoms with Gasteiger partial charge in [-0.2, -0.15) is 4.52 Å². The number of ether oxygens (including phenoxy) is 2. The maximum absolute atomic E-state index is 12.3. The van der Waals surface area contributed by atoms with Crippen LogP contribution in [0.25, 0.3) is 4.96 Å². The molecule has 0 aliphatic heterocycles. The second-order valence-electron chi connectivity index (χ2n) is 8.42. The predicted octanol–water partition coefficient (Wildman–Crippen LogP) is 4.24. The number of hydrogen-bond acceptors (Lipinski definition) is 9. The number of alkyl carbamates (subject to hydrolysis) is 1. The number of amides is 1. The van der Waals surface area contributed by atoms with E-state index < -0.39 is 17.7 Å². The molecule has 1 amide bonds. The van der Waals surface area contributed by atoms with Crippen molar-refractivity contribution in [2.75, 3.05) is 5.75 Å². The first-order chi connectivity index (χ1) is 15.1. The van der Waals surface area contributed by atoms with Gasteiger partial charge in [-0.1, -0.05) is 67.3 Å². The molecule has 1 atom stereocenters. The van der Waals surface area contributed by atoms with Crippen molar-refractivity contribution in [1.29, 1.82) is 0 Å². The molecule has 3 aromatic rings. The van der Waals surface area contributed by atoms with E-state index >= 15 is 0 Å². The molecule has 0 radical (unpaired) electrons. The Morgan fingerprint density at radius 2 is 1.91 bits per heavy atom. The Labute approximate surface area is 194 Å². The number of carbonyl (C=O) groups is 2. The molecule has 0 saturated carbocycles. The molecule has 11 heteroatoms. The van der Waals surface area contributed by atoms with Crippen LogP contribution in [0, 0.1) is 5.92 Å². The van der Waals surface area contributed by atoms with Crippen molar-refractivity contribution in [2.24, 2.45) is 5.92 Å². The summed E-state index contributed by atoms with van der Waals surface area (Å²) in [5, 5.41) is 15.8. The zero-order valence-electron chi connectivity index (χ0n) is 18.7. The van der Waals surface area contributed by atoms with Crippen LogP contribution in [0.5, 0.6) is 0 Å². The van der Waals surface area contributed by atoms with Crippen molar-refractivity contribution in [3.63, 3.8) is 0 Å². The summed E-state index contributed by atoms with van der Waals surface area (Å²) in [4.78, 5) is 24.9. The van der Waals surface area contributed by atoms with E-state index in [1.807, 2.05) is 44.2 Å². The van der Waals surface area contributed by atoms with E-state index in [1.54, 1.807) is 25.3 Å². The van der Waals surface area contributed by atoms with Gasteiger partial charge in [-0.05, 0) is 32.3 Å². The van der Waals surface area contributed by atoms with Crippen LogP contribution in [0.3, 0.4) is 0 Å². The van der Waals surface area contributed by atoms with E-state index in [4.69, 9.17) is 9.47 Å². The second-order valence-corrected chi connectivity index (χ2v) is 10.6. The molecule has 0 spiro atoms. The number of esters is 1. The summed E-state index contributed by atoms with van der Waals surface area (Å²) in [6, 6.07) is 9.09. The Morgan fingerprint density at radius 3 is 2.56 bits per heavy atom. The molecule has 1 unspecified atom stereocenters. The first kappa shape index (κ1) is 24.0. The fourth-order valence-electron chi connectivity index (χ4n) is 2.73. The van der Waals surface area contributed by atoms with E-state index in [0.29, 0.717) is 15.1 Å². The highest BCUT2D eigenvalue weighted by Gasteiger charge is 2.28. The van der Waals surface area contributed by atoms with Crippen molar-refractivity contribution >= 4 is 40.1 Å². The van der Waals surface area contributed by atoms with Crippen LogP contribution in [-0.2, 0) is 20.9 Å². The predicted molar refractivity (Wildman–Crippen MR) is 123 cm³/mol. The maximum Gasteiger partial charge on any atom is 0.408 e. The zero-order valence-corrected chi connectivity index (χ0v) is 20.3. The summed E-state index contributed by atoms with van der Waals surface area (Å²) in [7, 11) is 0. The lowest BCUT2D eigenvalue weighted by Crippen LogP contribution is -2.37.